The van der Waals surface area contributed by atoms with Gasteiger partial charge in [-0.25, -0.2) is 9.78 Å². The number of pyridine rings is 1. The van der Waals surface area contributed by atoms with Crippen molar-refractivity contribution in [1.82, 2.24) is 9.38 Å². The highest BCUT2D eigenvalue weighted by molar-refractivity contribution is 6.30. The number of fused-ring (bicyclic) bond motifs is 1. The number of ether oxygens (including phenoxy) is 1. The number of carbonyl (C=O) groups excluding carboxylic acids is 1. The van der Waals surface area contributed by atoms with E-state index in [0.29, 0.717) is 17.3 Å². The van der Waals surface area contributed by atoms with Crippen molar-refractivity contribution in [3.8, 4) is 0 Å². The Morgan fingerprint density at radius 1 is 1.47 bits per heavy atom. The van der Waals surface area contributed by atoms with Gasteiger partial charge in [-0.15, -0.1) is 0 Å². The zero-order valence-corrected chi connectivity index (χ0v) is 10.5. The van der Waals surface area contributed by atoms with E-state index < -0.39 is 5.97 Å². The summed E-state index contributed by atoms with van der Waals surface area (Å²) < 4.78 is 6.67. The molecule has 0 unspecified atom stereocenters. The maximum atomic E-state index is 11.6. The molecule has 5 heteroatoms. The van der Waals surface area contributed by atoms with Crippen molar-refractivity contribution < 1.29 is 9.53 Å². The van der Waals surface area contributed by atoms with Gasteiger partial charge in [0.05, 0.1) is 11.6 Å². The Bertz CT molecular complexity index is 563. The van der Waals surface area contributed by atoms with Gasteiger partial charge in [-0.3, -0.25) is 0 Å². The maximum Gasteiger partial charge on any atom is 0.358 e. The summed E-state index contributed by atoms with van der Waals surface area (Å²) >= 11 is 5.99. The molecular formula is C12H13ClN2O2. The lowest BCUT2D eigenvalue weighted by Gasteiger charge is -2.00. The van der Waals surface area contributed by atoms with Crippen LogP contribution < -0.4 is 0 Å². The van der Waals surface area contributed by atoms with E-state index in [0.717, 1.165) is 17.6 Å². The fourth-order valence-corrected chi connectivity index (χ4v) is 1.93. The third kappa shape index (κ3) is 2.26. The quantitative estimate of drug-likeness (QED) is 0.789. The molecule has 90 valence electrons. The molecule has 4 nitrogen and oxygen atoms in total. The zero-order valence-electron chi connectivity index (χ0n) is 9.74. The van der Waals surface area contributed by atoms with Crippen molar-refractivity contribution in [2.24, 2.45) is 0 Å². The number of nitrogens with zero attached hydrogens (tertiary/aromatic N) is 2. The van der Waals surface area contributed by atoms with E-state index in [1.165, 1.54) is 0 Å². The first kappa shape index (κ1) is 11.9. The molecule has 0 fully saturated rings. The SMILES string of the molecule is CCOC(=O)c1cn2cc(Cl)cc(CC)c2n1. The third-order valence-electron chi connectivity index (χ3n) is 2.46. The van der Waals surface area contributed by atoms with Crippen LogP contribution in [0.2, 0.25) is 5.02 Å². The molecule has 17 heavy (non-hydrogen) atoms. The number of imidazole rings is 1. The molecule has 0 amide bonds. The molecule has 0 spiro atoms. The average molecular weight is 253 g/mol. The summed E-state index contributed by atoms with van der Waals surface area (Å²) in [7, 11) is 0. The summed E-state index contributed by atoms with van der Waals surface area (Å²) in [5.41, 5.74) is 2.07. The van der Waals surface area contributed by atoms with Crippen LogP contribution in [0.15, 0.2) is 18.5 Å². The number of aryl methyl sites for hydroxylation is 1. The minimum Gasteiger partial charge on any atom is -0.461 e. The first-order valence-electron chi connectivity index (χ1n) is 5.50. The van der Waals surface area contributed by atoms with Crippen molar-refractivity contribution in [3.05, 3.63) is 34.7 Å². The number of carbonyl (C=O) groups is 1. The second-order valence-corrected chi connectivity index (χ2v) is 4.05. The molecular weight excluding hydrogens is 240 g/mol. The van der Waals surface area contributed by atoms with Gasteiger partial charge in [0.2, 0.25) is 0 Å². The minimum absolute atomic E-state index is 0.309. The predicted molar refractivity (Wildman–Crippen MR) is 65.5 cm³/mol. The van der Waals surface area contributed by atoms with E-state index in [1.807, 2.05) is 13.0 Å². The van der Waals surface area contributed by atoms with Crippen LogP contribution in [0, 0.1) is 0 Å². The smallest absolute Gasteiger partial charge is 0.358 e. The summed E-state index contributed by atoms with van der Waals surface area (Å²) in [6.45, 7) is 4.13. The van der Waals surface area contributed by atoms with E-state index in [4.69, 9.17) is 16.3 Å². The zero-order chi connectivity index (χ0) is 12.4. The van der Waals surface area contributed by atoms with E-state index >= 15 is 0 Å². The molecule has 2 rings (SSSR count). The predicted octanol–water partition coefficient (Wildman–Crippen LogP) is 2.73. The summed E-state index contributed by atoms with van der Waals surface area (Å²) in [6, 6.07) is 1.86. The molecule has 2 heterocycles. The van der Waals surface area contributed by atoms with Crippen molar-refractivity contribution in [3.63, 3.8) is 0 Å². The lowest BCUT2D eigenvalue weighted by molar-refractivity contribution is 0.0520. The molecule has 0 atom stereocenters. The largest absolute Gasteiger partial charge is 0.461 e. The monoisotopic (exact) mass is 252 g/mol. The summed E-state index contributed by atoms with van der Waals surface area (Å²) in [5.74, 6) is -0.408. The second-order valence-electron chi connectivity index (χ2n) is 3.61. The lowest BCUT2D eigenvalue weighted by Crippen LogP contribution is -2.04. The van der Waals surface area contributed by atoms with Crippen molar-refractivity contribution in [2.75, 3.05) is 6.61 Å². The Hall–Kier alpha value is -1.55. The summed E-state index contributed by atoms with van der Waals surface area (Å²) in [5, 5.41) is 0.627. The van der Waals surface area contributed by atoms with Crippen molar-refractivity contribution in [1.29, 1.82) is 0 Å². The number of hydrogen-bond acceptors (Lipinski definition) is 3. The van der Waals surface area contributed by atoms with Gasteiger partial charge < -0.3 is 9.14 Å². The third-order valence-corrected chi connectivity index (χ3v) is 2.67. The summed E-state index contributed by atoms with van der Waals surface area (Å²) in [4.78, 5) is 15.8. The van der Waals surface area contributed by atoms with Crippen LogP contribution in [0.25, 0.3) is 5.65 Å². The standard InChI is InChI=1S/C12H13ClN2O2/c1-3-8-5-9(13)6-15-7-10(14-11(8)15)12(16)17-4-2/h5-7H,3-4H2,1-2H3. The fraction of sp³-hybridized carbons (Fsp3) is 0.333. The van der Waals surface area contributed by atoms with E-state index in [-0.39, 0.29) is 0 Å². The summed E-state index contributed by atoms with van der Waals surface area (Å²) in [6.07, 6.45) is 4.17. The van der Waals surface area contributed by atoms with Crippen LogP contribution in [-0.2, 0) is 11.2 Å². The van der Waals surface area contributed by atoms with Gasteiger partial charge in [-0.1, -0.05) is 18.5 Å². The highest BCUT2D eigenvalue weighted by Crippen LogP contribution is 2.18. The molecule has 0 aromatic carbocycles. The van der Waals surface area contributed by atoms with Gasteiger partial charge in [0.1, 0.15) is 5.65 Å². The molecule has 2 aromatic rings. The molecule has 0 saturated heterocycles. The Balaban J connectivity index is 2.53. The second kappa shape index (κ2) is 4.75. The topological polar surface area (TPSA) is 43.6 Å². The normalized spacial score (nSPS) is 10.8. The maximum absolute atomic E-state index is 11.6. The Labute approximate surface area is 104 Å². The van der Waals surface area contributed by atoms with Crippen molar-refractivity contribution in [2.45, 2.75) is 20.3 Å². The molecule has 0 bridgehead atoms. The van der Waals surface area contributed by atoms with Gasteiger partial charge in [0, 0.05) is 12.4 Å². The Kier molecular flexibility index (Phi) is 3.33. The minimum atomic E-state index is -0.408. The highest BCUT2D eigenvalue weighted by Gasteiger charge is 2.13. The van der Waals surface area contributed by atoms with Crippen LogP contribution in [0.1, 0.15) is 29.9 Å². The van der Waals surface area contributed by atoms with Gasteiger partial charge >= 0.3 is 5.97 Å². The molecule has 0 aliphatic carbocycles. The highest BCUT2D eigenvalue weighted by atomic mass is 35.5. The number of hydrogen-bond donors (Lipinski definition) is 0. The molecule has 0 aliphatic rings. The number of esters is 1. The number of aromatic nitrogens is 2. The van der Waals surface area contributed by atoms with E-state index in [9.17, 15) is 4.79 Å². The van der Waals surface area contributed by atoms with Gasteiger partial charge in [-0.2, -0.15) is 0 Å². The molecule has 0 N–H and O–H groups in total. The molecule has 2 aromatic heterocycles. The van der Waals surface area contributed by atoms with Crippen molar-refractivity contribution >= 4 is 23.2 Å². The van der Waals surface area contributed by atoms with Crippen LogP contribution in [0.3, 0.4) is 0 Å². The van der Waals surface area contributed by atoms with Crippen LogP contribution in [-0.4, -0.2) is 22.0 Å². The number of halogens is 1. The lowest BCUT2D eigenvalue weighted by atomic mass is 10.2. The number of rotatable bonds is 3. The van der Waals surface area contributed by atoms with Gasteiger partial charge in [0.15, 0.2) is 5.69 Å². The Morgan fingerprint density at radius 3 is 2.88 bits per heavy atom. The average Bonchev–Trinajstić information content (AvgIpc) is 2.71. The first-order valence-corrected chi connectivity index (χ1v) is 5.87. The van der Waals surface area contributed by atoms with Crippen LogP contribution in [0.5, 0.6) is 0 Å². The van der Waals surface area contributed by atoms with Crippen LogP contribution in [0.4, 0.5) is 0 Å². The van der Waals surface area contributed by atoms with E-state index in [2.05, 4.69) is 4.98 Å². The molecule has 0 aliphatic heterocycles. The van der Waals surface area contributed by atoms with E-state index in [1.54, 1.807) is 23.7 Å². The molecule has 0 radical (unpaired) electrons. The Morgan fingerprint density at radius 2 is 2.24 bits per heavy atom. The van der Waals surface area contributed by atoms with Crippen LogP contribution >= 0.6 is 11.6 Å². The first-order chi connectivity index (χ1) is 8.15. The fourth-order valence-electron chi connectivity index (χ4n) is 1.69. The molecule has 0 saturated carbocycles. The van der Waals surface area contributed by atoms with Gasteiger partial charge in [-0.05, 0) is 25.0 Å². The van der Waals surface area contributed by atoms with Gasteiger partial charge in [0.25, 0.3) is 0 Å².